The van der Waals surface area contributed by atoms with E-state index >= 15 is 0 Å². The highest BCUT2D eigenvalue weighted by molar-refractivity contribution is 8.04. The van der Waals surface area contributed by atoms with E-state index in [-0.39, 0.29) is 5.78 Å². The molecule has 5 heteroatoms. The smallest absolute Gasteiger partial charge is 0.247 e. The van der Waals surface area contributed by atoms with Crippen LogP contribution in [0.15, 0.2) is 4.40 Å². The molecule has 0 aromatic carbocycles. The molecule has 1 rings (SSSR count). The first kappa shape index (κ1) is 14.3. The van der Waals surface area contributed by atoms with E-state index < -0.39 is 3.67 Å². The fourth-order valence-corrected chi connectivity index (χ4v) is 2.62. The van der Waals surface area contributed by atoms with E-state index in [0.29, 0.717) is 12.1 Å². The molecule has 0 aliphatic carbocycles. The van der Waals surface area contributed by atoms with Crippen molar-refractivity contribution in [1.82, 2.24) is 0 Å². The normalized spacial score (nSPS) is 18.9. The minimum atomic E-state index is -1.36. The molecule has 0 fully saturated rings. The summed E-state index contributed by atoms with van der Waals surface area (Å²) in [6, 6.07) is 0. The summed E-state index contributed by atoms with van der Waals surface area (Å²) >= 11 is 12.5. The maximum absolute atomic E-state index is 11.6. The van der Waals surface area contributed by atoms with E-state index in [1.165, 1.54) is 25.7 Å². The molecule has 0 unspecified atom stereocenters. The van der Waals surface area contributed by atoms with E-state index in [1.807, 2.05) is 0 Å². The minimum absolute atomic E-state index is 0.227. The topological polar surface area (TPSA) is 29.4 Å². The largest absolute Gasteiger partial charge is 0.288 e. The lowest BCUT2D eigenvalue weighted by Crippen LogP contribution is -2.24. The third kappa shape index (κ3) is 4.27. The quantitative estimate of drug-likeness (QED) is 0.390. The molecule has 0 atom stereocenters. The lowest BCUT2D eigenvalue weighted by Gasteiger charge is -2.06. The molecular formula is C11H17Cl2NOS. The maximum Gasteiger partial charge on any atom is 0.247 e. The van der Waals surface area contributed by atoms with Crippen LogP contribution in [0.1, 0.15) is 51.9 Å². The molecule has 1 heterocycles. The number of rotatable bonds is 7. The van der Waals surface area contributed by atoms with Crippen molar-refractivity contribution in [2.24, 2.45) is 4.40 Å². The molecule has 0 saturated heterocycles. The molecule has 0 aromatic rings. The van der Waals surface area contributed by atoms with E-state index in [0.717, 1.165) is 24.8 Å². The van der Waals surface area contributed by atoms with Crippen LogP contribution in [0.3, 0.4) is 0 Å². The molecule has 0 saturated carbocycles. The van der Waals surface area contributed by atoms with Crippen LogP contribution in [-0.4, -0.2) is 15.2 Å². The van der Waals surface area contributed by atoms with Gasteiger partial charge in [-0.05, 0) is 12.8 Å². The summed E-state index contributed by atoms with van der Waals surface area (Å²) < 4.78 is 2.66. The Kier molecular flexibility index (Phi) is 6.16. The zero-order valence-electron chi connectivity index (χ0n) is 9.47. The lowest BCUT2D eigenvalue weighted by atomic mass is 10.1. The van der Waals surface area contributed by atoms with Crippen LogP contribution in [0, 0.1) is 0 Å². The third-order valence-corrected chi connectivity index (χ3v) is 4.05. The van der Waals surface area contributed by atoms with Gasteiger partial charge in [-0.3, -0.25) is 4.79 Å². The van der Waals surface area contributed by atoms with Crippen molar-refractivity contribution in [2.75, 3.05) is 0 Å². The molecule has 1 aliphatic heterocycles. The van der Waals surface area contributed by atoms with Crippen LogP contribution in [0.2, 0.25) is 0 Å². The Balaban J connectivity index is 2.13. The van der Waals surface area contributed by atoms with Crippen molar-refractivity contribution in [1.29, 1.82) is 0 Å². The summed E-state index contributed by atoms with van der Waals surface area (Å²) in [7, 11) is 0. The fraction of sp³-hybridized carbons (Fsp3) is 0.818. The number of carbonyl (C=O) groups excluding carboxylic acids is 1. The van der Waals surface area contributed by atoms with Gasteiger partial charge in [0.15, 0.2) is 0 Å². The van der Waals surface area contributed by atoms with Crippen molar-refractivity contribution < 1.29 is 4.79 Å². The number of alkyl halides is 2. The predicted molar refractivity (Wildman–Crippen MR) is 72.5 cm³/mol. The predicted octanol–water partition coefficient (Wildman–Crippen LogP) is 4.54. The van der Waals surface area contributed by atoms with Crippen molar-refractivity contribution in [3.8, 4) is 0 Å². The molecule has 0 aromatic heterocycles. The number of halogens is 2. The van der Waals surface area contributed by atoms with Crippen LogP contribution >= 0.6 is 35.1 Å². The summed E-state index contributed by atoms with van der Waals surface area (Å²) in [5.41, 5.74) is 0.547. The van der Waals surface area contributed by atoms with E-state index in [1.54, 1.807) is 0 Å². The van der Waals surface area contributed by atoms with Gasteiger partial charge in [-0.15, -0.1) is 0 Å². The standard InChI is InChI=1S/C11H17Cl2NOS/c1-2-3-4-5-6-7-8-9-10(15)11(12,13)16-14-9/h2-8H2,1H3. The number of unbranched alkanes of at least 4 members (excludes halogenated alkanes) is 5. The highest BCUT2D eigenvalue weighted by Crippen LogP contribution is 2.42. The third-order valence-electron chi connectivity index (χ3n) is 2.56. The van der Waals surface area contributed by atoms with Gasteiger partial charge in [-0.2, -0.15) is 0 Å². The van der Waals surface area contributed by atoms with Gasteiger partial charge in [0.1, 0.15) is 0 Å². The van der Waals surface area contributed by atoms with Gasteiger partial charge in [0.05, 0.1) is 5.71 Å². The average molecular weight is 282 g/mol. The molecule has 16 heavy (non-hydrogen) atoms. The summed E-state index contributed by atoms with van der Waals surface area (Å²) in [5.74, 6) is -0.227. The first-order chi connectivity index (χ1) is 7.58. The molecule has 1 aliphatic rings. The fourth-order valence-electron chi connectivity index (χ4n) is 1.60. The SMILES string of the molecule is CCCCCCCCC1=NSC(Cl)(Cl)C1=O. The van der Waals surface area contributed by atoms with Gasteiger partial charge in [-0.25, -0.2) is 4.40 Å². The zero-order valence-corrected chi connectivity index (χ0v) is 11.8. The van der Waals surface area contributed by atoms with Gasteiger partial charge >= 0.3 is 0 Å². The van der Waals surface area contributed by atoms with Crippen molar-refractivity contribution in [2.45, 2.75) is 55.5 Å². The first-order valence-corrected chi connectivity index (χ1v) is 7.28. The molecule has 0 N–H and O–H groups in total. The molecule has 0 spiro atoms. The Bertz CT molecular complexity index is 279. The Labute approximate surface area is 111 Å². The number of Topliss-reactive ketones (excluding diaryl/α,β-unsaturated/α-hetero) is 1. The molecule has 0 amide bonds. The average Bonchev–Trinajstić information content (AvgIpc) is 2.50. The van der Waals surface area contributed by atoms with Crippen LogP contribution < -0.4 is 0 Å². The number of hydrogen-bond acceptors (Lipinski definition) is 3. The van der Waals surface area contributed by atoms with E-state index in [2.05, 4.69) is 11.3 Å². The minimum Gasteiger partial charge on any atom is -0.288 e. The lowest BCUT2D eigenvalue weighted by molar-refractivity contribution is -0.112. The number of hydrogen-bond donors (Lipinski definition) is 0. The molecule has 0 radical (unpaired) electrons. The second-order valence-electron chi connectivity index (χ2n) is 3.99. The van der Waals surface area contributed by atoms with Gasteiger partial charge in [-0.1, -0.05) is 62.2 Å². The Morgan fingerprint density at radius 3 is 2.38 bits per heavy atom. The second-order valence-corrected chi connectivity index (χ2v) is 6.75. The van der Waals surface area contributed by atoms with Crippen LogP contribution in [-0.2, 0) is 4.79 Å². The highest BCUT2D eigenvalue weighted by atomic mass is 35.5. The summed E-state index contributed by atoms with van der Waals surface area (Å²) in [5, 5.41) is 0. The number of nitrogens with zero attached hydrogens (tertiary/aromatic N) is 1. The first-order valence-electron chi connectivity index (χ1n) is 5.75. The van der Waals surface area contributed by atoms with Crippen LogP contribution in [0.5, 0.6) is 0 Å². The van der Waals surface area contributed by atoms with Gasteiger partial charge in [0, 0.05) is 11.9 Å². The Hall–Kier alpha value is 0.270. The monoisotopic (exact) mass is 281 g/mol. The Morgan fingerprint density at radius 2 is 1.81 bits per heavy atom. The molecular weight excluding hydrogens is 265 g/mol. The zero-order chi connectivity index (χ0) is 12.0. The number of ketones is 1. The summed E-state index contributed by atoms with van der Waals surface area (Å²) in [4.78, 5) is 11.6. The number of carbonyl (C=O) groups is 1. The van der Waals surface area contributed by atoms with Crippen molar-refractivity contribution >= 4 is 46.6 Å². The highest BCUT2D eigenvalue weighted by Gasteiger charge is 2.42. The second kappa shape index (κ2) is 6.87. The van der Waals surface area contributed by atoms with Crippen LogP contribution in [0.4, 0.5) is 0 Å². The van der Waals surface area contributed by atoms with E-state index in [9.17, 15) is 4.79 Å². The van der Waals surface area contributed by atoms with Gasteiger partial charge in [0.25, 0.3) is 0 Å². The molecule has 92 valence electrons. The van der Waals surface area contributed by atoms with Gasteiger partial charge < -0.3 is 0 Å². The van der Waals surface area contributed by atoms with Crippen LogP contribution in [0.25, 0.3) is 0 Å². The van der Waals surface area contributed by atoms with Crippen molar-refractivity contribution in [3.05, 3.63) is 0 Å². The summed E-state index contributed by atoms with van der Waals surface area (Å²) in [6.45, 7) is 2.20. The van der Waals surface area contributed by atoms with Crippen molar-refractivity contribution in [3.63, 3.8) is 0 Å². The molecule has 0 bridgehead atoms. The Morgan fingerprint density at radius 1 is 1.19 bits per heavy atom. The van der Waals surface area contributed by atoms with E-state index in [4.69, 9.17) is 23.2 Å². The maximum atomic E-state index is 11.6. The van der Waals surface area contributed by atoms with Gasteiger partial charge in [0.2, 0.25) is 9.45 Å². The summed E-state index contributed by atoms with van der Waals surface area (Å²) in [6.07, 6.45) is 7.91. The molecule has 2 nitrogen and oxygen atoms in total.